The van der Waals surface area contributed by atoms with Crippen LogP contribution in [0.2, 0.25) is 0 Å². The summed E-state index contributed by atoms with van der Waals surface area (Å²) in [6.45, 7) is 3.14. The van der Waals surface area contributed by atoms with Crippen LogP contribution in [0.3, 0.4) is 0 Å². The molecule has 0 unspecified atom stereocenters. The zero-order valence-corrected chi connectivity index (χ0v) is 12.5. The van der Waals surface area contributed by atoms with E-state index in [0.29, 0.717) is 49.8 Å². The van der Waals surface area contributed by atoms with Crippen LogP contribution in [0, 0.1) is 0 Å². The van der Waals surface area contributed by atoms with Gasteiger partial charge in [-0.25, -0.2) is 0 Å². The van der Waals surface area contributed by atoms with Crippen molar-refractivity contribution in [1.82, 2.24) is 10.2 Å². The van der Waals surface area contributed by atoms with E-state index in [1.807, 2.05) is 4.90 Å². The van der Waals surface area contributed by atoms with E-state index in [-0.39, 0.29) is 11.8 Å². The summed E-state index contributed by atoms with van der Waals surface area (Å²) in [5, 5.41) is 2.87. The Morgan fingerprint density at radius 2 is 2.05 bits per heavy atom. The summed E-state index contributed by atoms with van der Waals surface area (Å²) in [6.07, 6.45) is 2.37. The molecule has 0 radical (unpaired) electrons. The van der Waals surface area contributed by atoms with Gasteiger partial charge in [-0.1, -0.05) is 0 Å². The van der Waals surface area contributed by atoms with Gasteiger partial charge in [0, 0.05) is 31.6 Å². The number of hydrogen-bond donors (Lipinski definition) is 1. The number of nitrogens with zero attached hydrogens (tertiary/aromatic N) is 1. The summed E-state index contributed by atoms with van der Waals surface area (Å²) in [6, 6.07) is 5.19. The highest BCUT2D eigenvalue weighted by molar-refractivity contribution is 5.94. The third kappa shape index (κ3) is 3.32. The van der Waals surface area contributed by atoms with Gasteiger partial charge in [-0.05, 0) is 31.0 Å². The van der Waals surface area contributed by atoms with E-state index >= 15 is 0 Å². The Bertz CT molecular complexity index is 573. The van der Waals surface area contributed by atoms with Crippen LogP contribution in [0.4, 0.5) is 0 Å². The van der Waals surface area contributed by atoms with Crippen LogP contribution < -0.4 is 14.8 Å². The van der Waals surface area contributed by atoms with Gasteiger partial charge in [-0.15, -0.1) is 0 Å². The van der Waals surface area contributed by atoms with Gasteiger partial charge < -0.3 is 19.7 Å². The molecule has 6 heteroatoms. The minimum absolute atomic E-state index is 0.135. The van der Waals surface area contributed by atoms with Gasteiger partial charge in [-0.2, -0.15) is 0 Å². The second-order valence-corrected chi connectivity index (χ2v) is 5.45. The number of hydrogen-bond acceptors (Lipinski definition) is 4. The summed E-state index contributed by atoms with van der Waals surface area (Å²) in [4.78, 5) is 25.4. The van der Waals surface area contributed by atoms with Gasteiger partial charge in [-0.3, -0.25) is 9.59 Å². The van der Waals surface area contributed by atoms with Gasteiger partial charge in [0.2, 0.25) is 5.91 Å². The maximum Gasteiger partial charge on any atom is 0.251 e. The summed E-state index contributed by atoms with van der Waals surface area (Å²) < 4.78 is 10.9. The fourth-order valence-corrected chi connectivity index (χ4v) is 2.70. The average Bonchev–Trinajstić information content (AvgIpc) is 2.96. The molecule has 1 aromatic carbocycles. The van der Waals surface area contributed by atoms with Crippen molar-refractivity contribution in [2.45, 2.75) is 19.3 Å². The van der Waals surface area contributed by atoms with Gasteiger partial charge >= 0.3 is 0 Å². The molecule has 2 aliphatic heterocycles. The molecule has 1 aromatic rings. The predicted octanol–water partition coefficient (Wildman–Crippen LogP) is 1.20. The van der Waals surface area contributed by atoms with Crippen molar-refractivity contribution < 1.29 is 19.1 Å². The molecule has 3 rings (SSSR count). The molecule has 0 aromatic heterocycles. The number of carbonyl (C=O) groups excluding carboxylic acids is 2. The zero-order valence-electron chi connectivity index (χ0n) is 12.5. The lowest BCUT2D eigenvalue weighted by atomic mass is 10.2. The first-order valence-electron chi connectivity index (χ1n) is 7.70. The first kappa shape index (κ1) is 14.7. The van der Waals surface area contributed by atoms with E-state index in [0.717, 1.165) is 19.4 Å². The number of carbonyl (C=O) groups is 2. The average molecular weight is 304 g/mol. The van der Waals surface area contributed by atoms with Crippen molar-refractivity contribution in [3.05, 3.63) is 23.8 Å². The highest BCUT2D eigenvalue weighted by atomic mass is 16.6. The van der Waals surface area contributed by atoms with E-state index in [1.165, 1.54) is 0 Å². The third-order valence-corrected chi connectivity index (χ3v) is 3.87. The van der Waals surface area contributed by atoms with Gasteiger partial charge in [0.05, 0.1) is 0 Å². The number of rotatable bonds is 5. The maximum atomic E-state index is 12.1. The molecular weight excluding hydrogens is 284 g/mol. The lowest BCUT2D eigenvalue weighted by Crippen LogP contribution is -2.30. The molecule has 118 valence electrons. The fraction of sp³-hybridized carbons (Fsp3) is 0.500. The second-order valence-electron chi connectivity index (χ2n) is 5.45. The maximum absolute atomic E-state index is 12.1. The van der Waals surface area contributed by atoms with Crippen molar-refractivity contribution in [2.24, 2.45) is 0 Å². The standard InChI is InChI=1S/C16H20N2O4/c19-15-3-1-7-18(15)8-2-6-17-16(20)12-4-5-13-14(11-12)22-10-9-21-13/h4-5,11H,1-3,6-10H2,(H,17,20). The number of benzene rings is 1. The molecular formula is C16H20N2O4. The first-order chi connectivity index (χ1) is 10.7. The molecule has 2 amide bonds. The van der Waals surface area contributed by atoms with E-state index in [9.17, 15) is 9.59 Å². The molecule has 22 heavy (non-hydrogen) atoms. The number of fused-ring (bicyclic) bond motifs is 1. The summed E-state index contributed by atoms with van der Waals surface area (Å²) >= 11 is 0. The molecule has 6 nitrogen and oxygen atoms in total. The SMILES string of the molecule is O=C(NCCCN1CCCC1=O)c1ccc2c(c1)OCCO2. The Kier molecular flexibility index (Phi) is 4.46. The van der Waals surface area contributed by atoms with Crippen LogP contribution in [0.15, 0.2) is 18.2 Å². The van der Waals surface area contributed by atoms with Crippen molar-refractivity contribution in [1.29, 1.82) is 0 Å². The molecule has 2 aliphatic rings. The summed E-state index contributed by atoms with van der Waals surface area (Å²) in [5.74, 6) is 1.37. The van der Waals surface area contributed by atoms with Crippen molar-refractivity contribution >= 4 is 11.8 Å². The third-order valence-electron chi connectivity index (χ3n) is 3.87. The Hall–Kier alpha value is -2.24. The Morgan fingerprint density at radius 3 is 2.82 bits per heavy atom. The second kappa shape index (κ2) is 6.68. The molecule has 0 bridgehead atoms. The summed E-state index contributed by atoms with van der Waals surface area (Å²) in [7, 11) is 0. The van der Waals surface area contributed by atoms with Crippen LogP contribution in [0.5, 0.6) is 11.5 Å². The molecule has 2 heterocycles. The molecule has 0 aliphatic carbocycles. The van der Waals surface area contributed by atoms with E-state index < -0.39 is 0 Å². The van der Waals surface area contributed by atoms with Crippen LogP contribution in [0.25, 0.3) is 0 Å². The topological polar surface area (TPSA) is 67.9 Å². The molecule has 0 saturated carbocycles. The predicted molar refractivity (Wildman–Crippen MR) is 80.2 cm³/mol. The number of ether oxygens (including phenoxy) is 2. The largest absolute Gasteiger partial charge is 0.486 e. The smallest absolute Gasteiger partial charge is 0.251 e. The Labute approximate surface area is 129 Å². The van der Waals surface area contributed by atoms with Crippen LogP contribution in [-0.2, 0) is 4.79 Å². The van der Waals surface area contributed by atoms with Gasteiger partial charge in [0.25, 0.3) is 5.91 Å². The highest BCUT2D eigenvalue weighted by Gasteiger charge is 2.19. The Morgan fingerprint density at radius 1 is 1.23 bits per heavy atom. The molecule has 0 spiro atoms. The summed E-state index contributed by atoms with van der Waals surface area (Å²) in [5.41, 5.74) is 0.557. The van der Waals surface area contributed by atoms with E-state index in [1.54, 1.807) is 18.2 Å². The normalized spacial score (nSPS) is 16.7. The van der Waals surface area contributed by atoms with Crippen molar-refractivity contribution in [3.8, 4) is 11.5 Å². The monoisotopic (exact) mass is 304 g/mol. The number of likely N-dealkylation sites (tertiary alicyclic amines) is 1. The van der Waals surface area contributed by atoms with E-state index in [2.05, 4.69) is 5.32 Å². The van der Waals surface area contributed by atoms with Crippen LogP contribution in [0.1, 0.15) is 29.6 Å². The van der Waals surface area contributed by atoms with Crippen LogP contribution in [-0.4, -0.2) is 49.6 Å². The number of amides is 2. The molecule has 1 saturated heterocycles. The lowest BCUT2D eigenvalue weighted by Gasteiger charge is -2.19. The highest BCUT2D eigenvalue weighted by Crippen LogP contribution is 2.30. The lowest BCUT2D eigenvalue weighted by molar-refractivity contribution is -0.127. The van der Waals surface area contributed by atoms with Crippen LogP contribution >= 0.6 is 0 Å². The zero-order chi connectivity index (χ0) is 15.4. The minimum atomic E-state index is -0.135. The van der Waals surface area contributed by atoms with Crippen molar-refractivity contribution in [2.75, 3.05) is 32.8 Å². The number of nitrogens with one attached hydrogen (secondary N) is 1. The van der Waals surface area contributed by atoms with Gasteiger partial charge in [0.1, 0.15) is 13.2 Å². The molecule has 1 fully saturated rings. The minimum Gasteiger partial charge on any atom is -0.486 e. The quantitative estimate of drug-likeness (QED) is 0.830. The van der Waals surface area contributed by atoms with Gasteiger partial charge in [0.15, 0.2) is 11.5 Å². The Balaban J connectivity index is 1.46. The fourth-order valence-electron chi connectivity index (χ4n) is 2.70. The molecule has 1 N–H and O–H groups in total. The van der Waals surface area contributed by atoms with Crippen molar-refractivity contribution in [3.63, 3.8) is 0 Å². The molecule has 0 atom stereocenters. The van der Waals surface area contributed by atoms with E-state index in [4.69, 9.17) is 9.47 Å². The first-order valence-corrected chi connectivity index (χ1v) is 7.70.